The number of hydrogen-bond acceptors (Lipinski definition) is 6. The van der Waals surface area contributed by atoms with Gasteiger partial charge in [0.1, 0.15) is 24.4 Å². The molecule has 0 radical (unpaired) electrons. The normalized spacial score (nSPS) is 24.1. The maximum Gasteiger partial charge on any atom is 0.192 e. The molecule has 1 aliphatic rings. The molecule has 0 spiro atoms. The van der Waals surface area contributed by atoms with Crippen LogP contribution in [0.3, 0.4) is 0 Å². The van der Waals surface area contributed by atoms with Gasteiger partial charge in [-0.3, -0.25) is 0 Å². The lowest BCUT2D eigenvalue weighted by Crippen LogP contribution is -2.67. The van der Waals surface area contributed by atoms with Crippen LogP contribution in [0.1, 0.15) is 67.9 Å². The van der Waals surface area contributed by atoms with Crippen LogP contribution in [-0.2, 0) is 34.1 Å². The van der Waals surface area contributed by atoms with E-state index in [2.05, 4.69) is 74.4 Å². The molecule has 238 valence electrons. The SMILES string of the molecule is CC[Si](CC)(CC)O[C@@H]1[C@H](O[Si](CC)(CC)CC)[C@@H](OC)O[C@H](COCc2ccccc2)[C@H]1O[Si](CC)(CC)CC. The highest BCUT2D eigenvalue weighted by Crippen LogP contribution is 2.39. The molecule has 9 heteroatoms. The van der Waals surface area contributed by atoms with Crippen LogP contribution in [0, 0.1) is 0 Å². The summed E-state index contributed by atoms with van der Waals surface area (Å²) in [7, 11) is -4.34. The van der Waals surface area contributed by atoms with E-state index in [-0.39, 0.29) is 24.4 Å². The van der Waals surface area contributed by atoms with E-state index in [1.165, 1.54) is 0 Å². The smallest absolute Gasteiger partial charge is 0.192 e. The van der Waals surface area contributed by atoms with E-state index < -0.39 is 31.2 Å². The minimum Gasteiger partial charge on any atom is -0.408 e. The topological polar surface area (TPSA) is 55.4 Å². The molecule has 0 amide bonds. The lowest BCUT2D eigenvalue weighted by Gasteiger charge is -2.52. The zero-order valence-corrected chi connectivity index (χ0v) is 31.0. The van der Waals surface area contributed by atoms with Crippen LogP contribution in [0.25, 0.3) is 0 Å². The number of ether oxygens (including phenoxy) is 3. The molecular formula is C32H62O6Si3. The maximum absolute atomic E-state index is 7.46. The lowest BCUT2D eigenvalue weighted by molar-refractivity contribution is -0.287. The summed E-state index contributed by atoms with van der Waals surface area (Å²) < 4.78 is 41.3. The fourth-order valence-corrected chi connectivity index (χ4v) is 14.9. The number of benzene rings is 1. The second kappa shape index (κ2) is 17.8. The van der Waals surface area contributed by atoms with Crippen LogP contribution < -0.4 is 0 Å². The monoisotopic (exact) mass is 626 g/mol. The number of hydrogen-bond donors (Lipinski definition) is 0. The number of rotatable bonds is 20. The predicted molar refractivity (Wildman–Crippen MR) is 178 cm³/mol. The summed E-state index contributed by atoms with van der Waals surface area (Å²) >= 11 is 0. The summed E-state index contributed by atoms with van der Waals surface area (Å²) in [6.07, 6.45) is -1.67. The first-order valence-electron chi connectivity index (χ1n) is 16.6. The van der Waals surface area contributed by atoms with Gasteiger partial charge >= 0.3 is 0 Å². The van der Waals surface area contributed by atoms with Crippen LogP contribution in [0.4, 0.5) is 0 Å². The van der Waals surface area contributed by atoms with Crippen molar-refractivity contribution in [3.05, 3.63) is 35.9 Å². The van der Waals surface area contributed by atoms with Gasteiger partial charge in [0.25, 0.3) is 0 Å². The molecule has 1 aromatic rings. The first-order chi connectivity index (χ1) is 19.7. The summed E-state index contributed by atoms with van der Waals surface area (Å²) in [5, 5.41) is 0. The fraction of sp³-hybridized carbons (Fsp3) is 0.812. The van der Waals surface area contributed by atoms with Gasteiger partial charge in [-0.1, -0.05) is 92.6 Å². The van der Waals surface area contributed by atoms with Crippen LogP contribution in [0.5, 0.6) is 0 Å². The van der Waals surface area contributed by atoms with Crippen molar-refractivity contribution < 1.29 is 27.5 Å². The van der Waals surface area contributed by atoms with E-state index in [1.54, 1.807) is 7.11 Å². The van der Waals surface area contributed by atoms with Gasteiger partial charge in [-0.15, -0.1) is 0 Å². The molecule has 0 aliphatic carbocycles. The van der Waals surface area contributed by atoms with Gasteiger partial charge in [-0.05, 0) is 60.0 Å². The van der Waals surface area contributed by atoms with Gasteiger partial charge in [-0.2, -0.15) is 0 Å². The van der Waals surface area contributed by atoms with Crippen LogP contribution in [-0.4, -0.2) is 69.4 Å². The summed E-state index contributed by atoms with van der Waals surface area (Å²) in [6, 6.07) is 19.9. The first-order valence-corrected chi connectivity index (χ1v) is 24.2. The quantitative estimate of drug-likeness (QED) is 0.135. The van der Waals surface area contributed by atoms with Crippen molar-refractivity contribution in [1.82, 2.24) is 0 Å². The maximum atomic E-state index is 7.46. The average Bonchev–Trinajstić information content (AvgIpc) is 3.03. The molecule has 41 heavy (non-hydrogen) atoms. The third-order valence-electron chi connectivity index (χ3n) is 10.2. The summed E-state index contributed by atoms with van der Waals surface area (Å²) in [4.78, 5) is 0. The highest BCUT2D eigenvalue weighted by Gasteiger charge is 2.54. The molecule has 6 nitrogen and oxygen atoms in total. The number of methoxy groups -OCH3 is 1. The lowest BCUT2D eigenvalue weighted by atomic mass is 9.99. The third kappa shape index (κ3) is 9.31. The Bertz CT molecular complexity index is 807. The Morgan fingerprint density at radius 3 is 1.41 bits per heavy atom. The average molecular weight is 627 g/mol. The predicted octanol–water partition coefficient (Wildman–Crippen LogP) is 8.75. The molecule has 0 bridgehead atoms. The van der Waals surface area contributed by atoms with Crippen molar-refractivity contribution in [2.24, 2.45) is 0 Å². The van der Waals surface area contributed by atoms with Crippen molar-refractivity contribution in [3.63, 3.8) is 0 Å². The van der Waals surface area contributed by atoms with E-state index in [0.29, 0.717) is 13.2 Å². The van der Waals surface area contributed by atoms with Gasteiger partial charge < -0.3 is 27.5 Å². The molecule has 1 aliphatic heterocycles. The highest BCUT2D eigenvalue weighted by molar-refractivity contribution is 6.74. The Morgan fingerprint density at radius 1 is 0.585 bits per heavy atom. The van der Waals surface area contributed by atoms with E-state index in [1.807, 2.05) is 18.2 Å². The molecular weight excluding hydrogens is 565 g/mol. The van der Waals surface area contributed by atoms with E-state index >= 15 is 0 Å². The Morgan fingerprint density at radius 2 is 1.00 bits per heavy atom. The second-order valence-electron chi connectivity index (χ2n) is 11.8. The Balaban J connectivity index is 2.60. The van der Waals surface area contributed by atoms with E-state index in [4.69, 9.17) is 27.5 Å². The third-order valence-corrected chi connectivity index (χ3v) is 24.1. The van der Waals surface area contributed by atoms with Gasteiger partial charge in [0, 0.05) is 7.11 Å². The molecule has 1 fully saturated rings. The van der Waals surface area contributed by atoms with E-state index in [0.717, 1.165) is 60.0 Å². The van der Waals surface area contributed by atoms with Crippen molar-refractivity contribution >= 4 is 25.0 Å². The Kier molecular flexibility index (Phi) is 16.0. The van der Waals surface area contributed by atoms with Gasteiger partial charge in [0.2, 0.25) is 0 Å². The minimum absolute atomic E-state index is 0.251. The summed E-state index contributed by atoms with van der Waals surface area (Å²) in [5.41, 5.74) is 1.15. The van der Waals surface area contributed by atoms with Crippen molar-refractivity contribution in [1.29, 1.82) is 0 Å². The van der Waals surface area contributed by atoms with Crippen molar-refractivity contribution in [3.8, 4) is 0 Å². The molecule has 0 aromatic heterocycles. The minimum atomic E-state index is -2.04. The van der Waals surface area contributed by atoms with Crippen LogP contribution in [0.15, 0.2) is 30.3 Å². The van der Waals surface area contributed by atoms with E-state index in [9.17, 15) is 0 Å². The molecule has 0 saturated carbocycles. The highest BCUT2D eigenvalue weighted by atomic mass is 28.4. The zero-order valence-electron chi connectivity index (χ0n) is 28.0. The molecule has 1 heterocycles. The van der Waals surface area contributed by atoms with Crippen LogP contribution >= 0.6 is 0 Å². The molecule has 1 aromatic carbocycles. The Labute approximate surface area is 255 Å². The molecule has 1 saturated heterocycles. The van der Waals surface area contributed by atoms with Gasteiger partial charge in [0.15, 0.2) is 31.2 Å². The largest absolute Gasteiger partial charge is 0.408 e. The molecule has 0 N–H and O–H groups in total. The van der Waals surface area contributed by atoms with Gasteiger partial charge in [0.05, 0.1) is 13.2 Å². The Hall–Kier alpha value is -0.369. The first kappa shape index (κ1) is 36.8. The zero-order chi connectivity index (χ0) is 30.5. The standard InChI is InChI=1S/C32H62O6Si3/c1-11-39(12-2,13-3)36-29-28(26-34-25-27-23-21-20-22-24-27)35-32(33-10)31(38-41(17-7,18-8)19-9)30(29)37-40(14-4,15-5)16-6/h20-24,28-32H,11-19,25-26H2,1-10H3/t28-,29-,30+,31+,32+/m1/s1. The molecule has 5 atom stereocenters. The van der Waals surface area contributed by atoms with Crippen molar-refractivity contribution in [2.75, 3.05) is 13.7 Å². The molecule has 2 rings (SSSR count). The van der Waals surface area contributed by atoms with Crippen molar-refractivity contribution in [2.45, 2.75) is 154 Å². The van der Waals surface area contributed by atoms with Gasteiger partial charge in [-0.25, -0.2) is 0 Å². The fourth-order valence-electron chi connectivity index (χ4n) is 6.34. The second-order valence-corrected chi connectivity index (χ2v) is 25.9. The summed E-state index contributed by atoms with van der Waals surface area (Å²) in [6.45, 7) is 21.5. The summed E-state index contributed by atoms with van der Waals surface area (Å²) in [5.74, 6) is 0. The molecule has 0 unspecified atom stereocenters. The van der Waals surface area contributed by atoms with Crippen LogP contribution in [0.2, 0.25) is 54.4 Å².